The second-order valence-electron chi connectivity index (χ2n) is 4.73. The molecule has 0 radical (unpaired) electrons. The van der Waals surface area contributed by atoms with Crippen LogP contribution < -0.4 is 5.73 Å². The molecule has 1 aliphatic heterocycles. The van der Waals surface area contributed by atoms with Gasteiger partial charge in [-0.25, -0.2) is 0 Å². The van der Waals surface area contributed by atoms with Crippen LogP contribution in [-0.4, -0.2) is 37.7 Å². The fourth-order valence-electron chi connectivity index (χ4n) is 2.27. The van der Waals surface area contributed by atoms with Gasteiger partial charge in [-0.05, 0) is 31.0 Å². The SMILES string of the molecule is NCC1CCN(CCOCc2ccccc2)C1. The highest BCUT2D eigenvalue weighted by Crippen LogP contribution is 2.14. The first-order valence-corrected chi connectivity index (χ1v) is 6.42. The quantitative estimate of drug-likeness (QED) is 0.758. The summed E-state index contributed by atoms with van der Waals surface area (Å²) in [5.41, 5.74) is 6.91. The molecule has 0 aromatic heterocycles. The van der Waals surface area contributed by atoms with Crippen molar-refractivity contribution in [2.75, 3.05) is 32.8 Å². The molecule has 1 saturated heterocycles. The summed E-state index contributed by atoms with van der Waals surface area (Å²) in [6.07, 6.45) is 1.25. The Morgan fingerprint density at radius 2 is 2.12 bits per heavy atom. The average molecular weight is 234 g/mol. The Hall–Kier alpha value is -0.900. The maximum absolute atomic E-state index is 5.68. The highest BCUT2D eigenvalue weighted by molar-refractivity contribution is 5.13. The molecule has 0 saturated carbocycles. The molecule has 1 aliphatic rings. The number of benzene rings is 1. The first kappa shape index (κ1) is 12.6. The highest BCUT2D eigenvalue weighted by atomic mass is 16.5. The zero-order valence-corrected chi connectivity index (χ0v) is 10.3. The molecule has 1 fully saturated rings. The van der Waals surface area contributed by atoms with E-state index in [2.05, 4.69) is 17.0 Å². The van der Waals surface area contributed by atoms with Crippen molar-refractivity contribution in [1.29, 1.82) is 0 Å². The van der Waals surface area contributed by atoms with Crippen molar-refractivity contribution in [3.63, 3.8) is 0 Å². The monoisotopic (exact) mass is 234 g/mol. The summed E-state index contributed by atoms with van der Waals surface area (Å²) in [6.45, 7) is 5.70. The normalized spacial score (nSPS) is 20.9. The Kier molecular flexibility index (Phi) is 4.98. The Morgan fingerprint density at radius 1 is 1.29 bits per heavy atom. The zero-order chi connectivity index (χ0) is 11.9. The molecule has 3 nitrogen and oxygen atoms in total. The fraction of sp³-hybridized carbons (Fsp3) is 0.571. The molecule has 0 aliphatic carbocycles. The summed E-state index contributed by atoms with van der Waals surface area (Å²) in [5, 5.41) is 0. The predicted octanol–water partition coefficient (Wildman–Crippen LogP) is 1.48. The van der Waals surface area contributed by atoms with Gasteiger partial charge >= 0.3 is 0 Å². The Morgan fingerprint density at radius 3 is 2.82 bits per heavy atom. The number of ether oxygens (including phenoxy) is 1. The van der Waals surface area contributed by atoms with E-state index in [0.717, 1.165) is 32.8 Å². The molecule has 1 aromatic rings. The van der Waals surface area contributed by atoms with Gasteiger partial charge in [-0.3, -0.25) is 0 Å². The number of rotatable bonds is 6. The number of likely N-dealkylation sites (tertiary alicyclic amines) is 1. The van der Waals surface area contributed by atoms with E-state index in [-0.39, 0.29) is 0 Å². The lowest BCUT2D eigenvalue weighted by molar-refractivity contribution is 0.0983. The standard InChI is InChI=1S/C14H22N2O/c15-10-14-6-7-16(11-14)8-9-17-12-13-4-2-1-3-5-13/h1-5,14H,6-12,15H2. The summed E-state index contributed by atoms with van der Waals surface area (Å²) in [7, 11) is 0. The number of nitrogens with zero attached hydrogens (tertiary/aromatic N) is 1. The number of hydrogen-bond donors (Lipinski definition) is 1. The molecule has 94 valence electrons. The molecule has 2 rings (SSSR count). The first-order valence-electron chi connectivity index (χ1n) is 6.42. The third-order valence-electron chi connectivity index (χ3n) is 3.37. The third kappa shape index (κ3) is 4.11. The molecule has 2 N–H and O–H groups in total. The van der Waals surface area contributed by atoms with E-state index in [1.165, 1.54) is 18.5 Å². The predicted molar refractivity (Wildman–Crippen MR) is 69.7 cm³/mol. The lowest BCUT2D eigenvalue weighted by Crippen LogP contribution is -2.26. The minimum atomic E-state index is 0.698. The van der Waals surface area contributed by atoms with Crippen LogP contribution in [0.25, 0.3) is 0 Å². The van der Waals surface area contributed by atoms with Crippen LogP contribution in [0, 0.1) is 5.92 Å². The zero-order valence-electron chi connectivity index (χ0n) is 10.3. The van der Waals surface area contributed by atoms with Crippen LogP contribution in [0.5, 0.6) is 0 Å². The topological polar surface area (TPSA) is 38.5 Å². The maximum Gasteiger partial charge on any atom is 0.0717 e. The van der Waals surface area contributed by atoms with E-state index in [4.69, 9.17) is 10.5 Å². The summed E-state index contributed by atoms with van der Waals surface area (Å²) >= 11 is 0. The minimum Gasteiger partial charge on any atom is -0.375 e. The van der Waals surface area contributed by atoms with Crippen LogP contribution >= 0.6 is 0 Å². The Bertz CT molecular complexity index is 315. The summed E-state index contributed by atoms with van der Waals surface area (Å²) in [4.78, 5) is 2.45. The van der Waals surface area contributed by atoms with Gasteiger partial charge in [0, 0.05) is 13.1 Å². The van der Waals surface area contributed by atoms with Crippen LogP contribution in [0.15, 0.2) is 30.3 Å². The molecule has 1 unspecified atom stereocenters. The van der Waals surface area contributed by atoms with E-state index in [1.54, 1.807) is 0 Å². The second-order valence-corrected chi connectivity index (χ2v) is 4.73. The summed E-state index contributed by atoms with van der Waals surface area (Å²) in [6, 6.07) is 10.3. The second kappa shape index (κ2) is 6.74. The van der Waals surface area contributed by atoms with Gasteiger partial charge in [0.2, 0.25) is 0 Å². The Labute approximate surface area is 104 Å². The van der Waals surface area contributed by atoms with Gasteiger partial charge in [0.05, 0.1) is 13.2 Å². The van der Waals surface area contributed by atoms with Crippen molar-refractivity contribution < 1.29 is 4.74 Å². The van der Waals surface area contributed by atoms with Gasteiger partial charge in [0.25, 0.3) is 0 Å². The van der Waals surface area contributed by atoms with Gasteiger partial charge in [-0.2, -0.15) is 0 Å². The largest absolute Gasteiger partial charge is 0.375 e. The van der Waals surface area contributed by atoms with Gasteiger partial charge in [-0.15, -0.1) is 0 Å². The average Bonchev–Trinajstić information content (AvgIpc) is 2.84. The van der Waals surface area contributed by atoms with Crippen LogP contribution in [0.2, 0.25) is 0 Å². The van der Waals surface area contributed by atoms with Crippen molar-refractivity contribution in [2.24, 2.45) is 11.7 Å². The van der Waals surface area contributed by atoms with Crippen molar-refractivity contribution in [3.8, 4) is 0 Å². The van der Waals surface area contributed by atoms with Crippen molar-refractivity contribution in [2.45, 2.75) is 13.0 Å². The molecule has 0 spiro atoms. The first-order chi connectivity index (χ1) is 8.38. The van der Waals surface area contributed by atoms with Gasteiger partial charge in [0.15, 0.2) is 0 Å². The summed E-state index contributed by atoms with van der Waals surface area (Å²) in [5.74, 6) is 0.698. The molecule has 3 heteroatoms. The Balaban J connectivity index is 1.58. The van der Waals surface area contributed by atoms with E-state index >= 15 is 0 Å². The highest BCUT2D eigenvalue weighted by Gasteiger charge is 2.20. The van der Waals surface area contributed by atoms with Crippen LogP contribution in [0.4, 0.5) is 0 Å². The lowest BCUT2D eigenvalue weighted by Gasteiger charge is -2.15. The van der Waals surface area contributed by atoms with Gasteiger partial charge in [0.1, 0.15) is 0 Å². The van der Waals surface area contributed by atoms with E-state index in [1.807, 2.05) is 18.2 Å². The van der Waals surface area contributed by atoms with Crippen molar-refractivity contribution >= 4 is 0 Å². The molecule has 1 aromatic carbocycles. The number of hydrogen-bond acceptors (Lipinski definition) is 3. The third-order valence-corrected chi connectivity index (χ3v) is 3.37. The summed E-state index contributed by atoms with van der Waals surface area (Å²) < 4.78 is 5.68. The maximum atomic E-state index is 5.68. The van der Waals surface area contributed by atoms with E-state index in [9.17, 15) is 0 Å². The minimum absolute atomic E-state index is 0.698. The molecule has 1 heterocycles. The van der Waals surface area contributed by atoms with E-state index in [0.29, 0.717) is 5.92 Å². The fourth-order valence-corrected chi connectivity index (χ4v) is 2.27. The molecular formula is C14H22N2O. The van der Waals surface area contributed by atoms with Crippen LogP contribution in [0.1, 0.15) is 12.0 Å². The van der Waals surface area contributed by atoms with Crippen molar-refractivity contribution in [3.05, 3.63) is 35.9 Å². The molecule has 0 amide bonds. The molecule has 1 atom stereocenters. The lowest BCUT2D eigenvalue weighted by atomic mass is 10.1. The van der Waals surface area contributed by atoms with Crippen LogP contribution in [-0.2, 0) is 11.3 Å². The molecular weight excluding hydrogens is 212 g/mol. The molecule has 0 bridgehead atoms. The van der Waals surface area contributed by atoms with Crippen LogP contribution in [0.3, 0.4) is 0 Å². The number of nitrogens with two attached hydrogens (primary N) is 1. The van der Waals surface area contributed by atoms with Gasteiger partial charge < -0.3 is 15.4 Å². The van der Waals surface area contributed by atoms with E-state index < -0.39 is 0 Å². The van der Waals surface area contributed by atoms with Crippen molar-refractivity contribution in [1.82, 2.24) is 4.90 Å². The smallest absolute Gasteiger partial charge is 0.0717 e. The molecule has 17 heavy (non-hydrogen) atoms. The van der Waals surface area contributed by atoms with Gasteiger partial charge in [-0.1, -0.05) is 30.3 Å².